The number of rotatable bonds is 8. The highest BCUT2D eigenvalue weighted by Crippen LogP contribution is 2.23. The molecule has 0 amide bonds. The maximum atomic E-state index is 5.87. The summed E-state index contributed by atoms with van der Waals surface area (Å²) in [4.78, 5) is 4.75. The molecule has 0 bridgehead atoms. The SMILES string of the molecule is CNC1CC(OCCCCCc2ccc3c(n2)NCCC3)C1. The number of fused-ring (bicyclic) bond motifs is 1. The van der Waals surface area contributed by atoms with Gasteiger partial charge in [-0.25, -0.2) is 4.98 Å². The summed E-state index contributed by atoms with van der Waals surface area (Å²) in [6.07, 6.45) is 9.96. The van der Waals surface area contributed by atoms with Crippen molar-refractivity contribution in [3.63, 3.8) is 0 Å². The Kier molecular flexibility index (Phi) is 5.68. The van der Waals surface area contributed by atoms with Crippen molar-refractivity contribution in [3.05, 3.63) is 23.4 Å². The van der Waals surface area contributed by atoms with Gasteiger partial charge in [0.05, 0.1) is 6.10 Å². The average Bonchev–Trinajstić information content (AvgIpc) is 2.52. The molecule has 1 aliphatic heterocycles. The van der Waals surface area contributed by atoms with Gasteiger partial charge in [0.2, 0.25) is 0 Å². The predicted molar refractivity (Wildman–Crippen MR) is 90.4 cm³/mol. The van der Waals surface area contributed by atoms with Gasteiger partial charge in [0.15, 0.2) is 0 Å². The smallest absolute Gasteiger partial charge is 0.129 e. The number of unbranched alkanes of at least 4 members (excludes halogenated alkanes) is 2. The molecule has 122 valence electrons. The molecule has 2 aliphatic rings. The standard InChI is InChI=1S/C18H29N3O/c1-19-16-12-17(13-16)22-11-4-2-3-7-15-9-8-14-6-5-10-20-18(14)21-15/h8-9,16-17,19H,2-7,10-13H2,1H3,(H,20,21). The molecular formula is C18H29N3O. The summed E-state index contributed by atoms with van der Waals surface area (Å²) in [5, 5.41) is 6.70. The fraction of sp³-hybridized carbons (Fsp3) is 0.722. The molecule has 2 heterocycles. The second-order valence-electron chi connectivity index (χ2n) is 6.60. The van der Waals surface area contributed by atoms with Gasteiger partial charge in [0.1, 0.15) is 5.82 Å². The largest absolute Gasteiger partial charge is 0.378 e. The van der Waals surface area contributed by atoms with Crippen LogP contribution in [0.25, 0.3) is 0 Å². The zero-order valence-electron chi connectivity index (χ0n) is 13.7. The summed E-state index contributed by atoms with van der Waals surface area (Å²) in [5.41, 5.74) is 2.61. The minimum Gasteiger partial charge on any atom is -0.378 e. The third-order valence-corrected chi connectivity index (χ3v) is 4.89. The number of hydrogen-bond donors (Lipinski definition) is 2. The van der Waals surface area contributed by atoms with E-state index in [9.17, 15) is 0 Å². The van der Waals surface area contributed by atoms with Gasteiger partial charge in [-0.05, 0) is 63.6 Å². The number of nitrogens with zero attached hydrogens (tertiary/aromatic N) is 1. The maximum absolute atomic E-state index is 5.87. The predicted octanol–water partition coefficient (Wildman–Crippen LogP) is 2.92. The molecular weight excluding hydrogens is 274 g/mol. The number of aryl methyl sites for hydroxylation is 2. The van der Waals surface area contributed by atoms with E-state index >= 15 is 0 Å². The Bertz CT molecular complexity index is 471. The minimum atomic E-state index is 0.505. The first-order valence-corrected chi connectivity index (χ1v) is 8.86. The van der Waals surface area contributed by atoms with Gasteiger partial charge in [0.25, 0.3) is 0 Å². The Morgan fingerprint density at radius 1 is 1.27 bits per heavy atom. The molecule has 1 aromatic heterocycles. The van der Waals surface area contributed by atoms with Crippen molar-refractivity contribution in [1.82, 2.24) is 10.3 Å². The monoisotopic (exact) mass is 303 g/mol. The fourth-order valence-corrected chi connectivity index (χ4v) is 3.28. The molecule has 3 rings (SSSR count). The number of anilines is 1. The van der Waals surface area contributed by atoms with Gasteiger partial charge < -0.3 is 15.4 Å². The lowest BCUT2D eigenvalue weighted by Gasteiger charge is -2.34. The van der Waals surface area contributed by atoms with E-state index in [4.69, 9.17) is 9.72 Å². The summed E-state index contributed by atoms with van der Waals surface area (Å²) in [5.74, 6) is 1.12. The number of ether oxygens (including phenoxy) is 1. The van der Waals surface area contributed by atoms with Crippen molar-refractivity contribution in [2.24, 2.45) is 0 Å². The van der Waals surface area contributed by atoms with Crippen LogP contribution in [0.5, 0.6) is 0 Å². The highest BCUT2D eigenvalue weighted by Gasteiger charge is 2.27. The topological polar surface area (TPSA) is 46.2 Å². The Labute approximate surface area is 134 Å². The molecule has 1 saturated carbocycles. The maximum Gasteiger partial charge on any atom is 0.129 e. The highest BCUT2D eigenvalue weighted by atomic mass is 16.5. The van der Waals surface area contributed by atoms with Crippen molar-refractivity contribution < 1.29 is 4.74 Å². The van der Waals surface area contributed by atoms with Crippen molar-refractivity contribution >= 4 is 5.82 Å². The van der Waals surface area contributed by atoms with E-state index in [0.29, 0.717) is 12.1 Å². The molecule has 1 aromatic rings. The first-order chi connectivity index (χ1) is 10.8. The number of hydrogen-bond acceptors (Lipinski definition) is 4. The average molecular weight is 303 g/mol. The minimum absolute atomic E-state index is 0.505. The van der Waals surface area contributed by atoms with Crippen LogP contribution in [0.15, 0.2) is 12.1 Å². The van der Waals surface area contributed by atoms with E-state index in [0.717, 1.165) is 25.4 Å². The fourth-order valence-electron chi connectivity index (χ4n) is 3.28. The molecule has 1 aliphatic carbocycles. The van der Waals surface area contributed by atoms with Gasteiger partial charge in [-0.15, -0.1) is 0 Å². The molecule has 4 nitrogen and oxygen atoms in total. The first-order valence-electron chi connectivity index (χ1n) is 8.86. The Hall–Kier alpha value is -1.13. The lowest BCUT2D eigenvalue weighted by molar-refractivity contribution is -0.0162. The van der Waals surface area contributed by atoms with Crippen molar-refractivity contribution in [1.29, 1.82) is 0 Å². The third-order valence-electron chi connectivity index (χ3n) is 4.89. The molecule has 0 atom stereocenters. The second kappa shape index (κ2) is 7.93. The van der Waals surface area contributed by atoms with E-state index < -0.39 is 0 Å². The van der Waals surface area contributed by atoms with Crippen LogP contribution in [0.1, 0.15) is 49.8 Å². The lowest BCUT2D eigenvalue weighted by Crippen LogP contribution is -2.43. The van der Waals surface area contributed by atoms with Crippen molar-refractivity contribution in [2.45, 2.75) is 63.5 Å². The lowest BCUT2D eigenvalue weighted by atomic mass is 9.89. The van der Waals surface area contributed by atoms with Crippen LogP contribution in [0.4, 0.5) is 5.82 Å². The molecule has 0 unspecified atom stereocenters. The van der Waals surface area contributed by atoms with Crippen molar-refractivity contribution in [2.75, 3.05) is 25.5 Å². The van der Waals surface area contributed by atoms with E-state index in [2.05, 4.69) is 22.8 Å². The number of pyridine rings is 1. The Morgan fingerprint density at radius 2 is 2.18 bits per heavy atom. The summed E-state index contributed by atoms with van der Waals surface area (Å²) in [7, 11) is 2.03. The van der Waals surface area contributed by atoms with Gasteiger partial charge >= 0.3 is 0 Å². The van der Waals surface area contributed by atoms with E-state index in [1.165, 1.54) is 56.2 Å². The molecule has 0 radical (unpaired) electrons. The molecule has 0 spiro atoms. The van der Waals surface area contributed by atoms with Gasteiger partial charge in [0, 0.05) is 24.9 Å². The molecule has 22 heavy (non-hydrogen) atoms. The van der Waals surface area contributed by atoms with Crippen LogP contribution < -0.4 is 10.6 Å². The Morgan fingerprint density at radius 3 is 3.05 bits per heavy atom. The van der Waals surface area contributed by atoms with Crippen LogP contribution in [0, 0.1) is 0 Å². The highest BCUT2D eigenvalue weighted by molar-refractivity contribution is 5.46. The molecule has 4 heteroatoms. The first kappa shape index (κ1) is 15.8. The summed E-state index contributed by atoms with van der Waals surface area (Å²) in [6, 6.07) is 5.14. The zero-order chi connectivity index (χ0) is 15.2. The van der Waals surface area contributed by atoms with Gasteiger partial charge in [-0.2, -0.15) is 0 Å². The van der Waals surface area contributed by atoms with E-state index in [-0.39, 0.29) is 0 Å². The summed E-state index contributed by atoms with van der Waals surface area (Å²) in [6.45, 7) is 1.98. The quantitative estimate of drug-likeness (QED) is 0.725. The zero-order valence-corrected chi connectivity index (χ0v) is 13.7. The molecule has 2 N–H and O–H groups in total. The molecule has 1 fully saturated rings. The molecule has 0 saturated heterocycles. The van der Waals surface area contributed by atoms with Crippen LogP contribution in [-0.2, 0) is 17.6 Å². The Balaban J connectivity index is 1.27. The van der Waals surface area contributed by atoms with Crippen molar-refractivity contribution in [3.8, 4) is 0 Å². The van der Waals surface area contributed by atoms with E-state index in [1.54, 1.807) is 0 Å². The second-order valence-corrected chi connectivity index (χ2v) is 6.60. The summed E-state index contributed by atoms with van der Waals surface area (Å²) < 4.78 is 5.87. The van der Waals surface area contributed by atoms with E-state index in [1.807, 2.05) is 7.05 Å². The van der Waals surface area contributed by atoms with Crippen LogP contribution in [0.3, 0.4) is 0 Å². The number of nitrogens with one attached hydrogen (secondary N) is 2. The molecule has 0 aromatic carbocycles. The van der Waals surface area contributed by atoms with Crippen LogP contribution >= 0.6 is 0 Å². The van der Waals surface area contributed by atoms with Gasteiger partial charge in [-0.3, -0.25) is 0 Å². The third kappa shape index (κ3) is 4.20. The number of aromatic nitrogens is 1. The summed E-state index contributed by atoms with van der Waals surface area (Å²) >= 11 is 0. The van der Waals surface area contributed by atoms with Crippen LogP contribution in [-0.4, -0.2) is 37.3 Å². The van der Waals surface area contributed by atoms with Crippen LogP contribution in [0.2, 0.25) is 0 Å². The van der Waals surface area contributed by atoms with Gasteiger partial charge in [-0.1, -0.05) is 12.5 Å². The normalized spacial score (nSPS) is 23.5.